The number of methoxy groups -OCH3 is 1. The van der Waals surface area contributed by atoms with E-state index in [2.05, 4.69) is 20.6 Å². The molecule has 1 aromatic rings. The molecule has 0 radical (unpaired) electrons. The molecule has 112 valence electrons. The van der Waals surface area contributed by atoms with Gasteiger partial charge >= 0.3 is 0 Å². The Labute approximate surface area is 119 Å². The minimum Gasteiger partial charge on any atom is -0.385 e. The summed E-state index contributed by atoms with van der Waals surface area (Å²) in [6.07, 6.45) is 2.98. The van der Waals surface area contributed by atoms with Crippen LogP contribution in [0.25, 0.3) is 0 Å². The molecule has 7 nitrogen and oxygen atoms in total. The maximum Gasteiger partial charge on any atom is 0.152 e. The molecule has 1 aliphatic rings. The second-order valence-electron chi connectivity index (χ2n) is 4.81. The van der Waals surface area contributed by atoms with Gasteiger partial charge in [0.25, 0.3) is 0 Å². The first-order chi connectivity index (χ1) is 9.59. The molecule has 1 fully saturated rings. The molecule has 1 saturated heterocycles. The van der Waals surface area contributed by atoms with Crippen molar-refractivity contribution in [2.45, 2.75) is 18.9 Å². The Morgan fingerprint density at radius 2 is 2.20 bits per heavy atom. The normalized spacial score (nSPS) is 20.8. The smallest absolute Gasteiger partial charge is 0.152 e. The maximum absolute atomic E-state index is 11.4. The van der Waals surface area contributed by atoms with E-state index in [9.17, 15) is 8.42 Å². The zero-order valence-corrected chi connectivity index (χ0v) is 12.3. The lowest BCUT2D eigenvalue weighted by molar-refractivity contribution is 0.198. The predicted molar refractivity (Wildman–Crippen MR) is 77.7 cm³/mol. The van der Waals surface area contributed by atoms with Crippen LogP contribution in [0.1, 0.15) is 12.8 Å². The van der Waals surface area contributed by atoms with E-state index in [1.54, 1.807) is 13.2 Å². The second kappa shape index (κ2) is 6.85. The first-order valence-electron chi connectivity index (χ1n) is 6.61. The summed E-state index contributed by atoms with van der Waals surface area (Å²) in [5, 5.41) is 6.32. The SMILES string of the molecule is COCCCNc1cc(NC2CCS(=O)(=O)C2)ncn1. The van der Waals surface area contributed by atoms with E-state index in [0.29, 0.717) is 18.8 Å². The molecule has 1 unspecified atom stereocenters. The lowest BCUT2D eigenvalue weighted by Gasteiger charge is -2.12. The number of nitrogens with zero attached hydrogens (tertiary/aromatic N) is 2. The van der Waals surface area contributed by atoms with Gasteiger partial charge in [-0.2, -0.15) is 0 Å². The second-order valence-corrected chi connectivity index (χ2v) is 7.03. The van der Waals surface area contributed by atoms with Gasteiger partial charge in [-0.05, 0) is 12.8 Å². The number of sulfone groups is 1. The van der Waals surface area contributed by atoms with E-state index in [1.807, 2.05) is 0 Å². The van der Waals surface area contributed by atoms with Gasteiger partial charge in [0.15, 0.2) is 9.84 Å². The lowest BCUT2D eigenvalue weighted by atomic mass is 10.2. The van der Waals surface area contributed by atoms with Crippen molar-refractivity contribution in [2.24, 2.45) is 0 Å². The highest BCUT2D eigenvalue weighted by atomic mass is 32.2. The van der Waals surface area contributed by atoms with Crippen LogP contribution >= 0.6 is 0 Å². The Morgan fingerprint density at radius 3 is 2.90 bits per heavy atom. The third-order valence-corrected chi connectivity index (χ3v) is 4.85. The first kappa shape index (κ1) is 15.0. The molecule has 0 aliphatic carbocycles. The van der Waals surface area contributed by atoms with E-state index >= 15 is 0 Å². The highest BCUT2D eigenvalue weighted by Crippen LogP contribution is 2.17. The summed E-state index contributed by atoms with van der Waals surface area (Å²) in [6.45, 7) is 1.46. The first-order valence-corrected chi connectivity index (χ1v) is 8.43. The van der Waals surface area contributed by atoms with E-state index in [-0.39, 0.29) is 17.5 Å². The van der Waals surface area contributed by atoms with Crippen molar-refractivity contribution >= 4 is 21.5 Å². The molecule has 1 aliphatic heterocycles. The Bertz CT molecular complexity index is 535. The number of aromatic nitrogens is 2. The topological polar surface area (TPSA) is 93.2 Å². The Kier molecular flexibility index (Phi) is 5.13. The van der Waals surface area contributed by atoms with Crippen LogP contribution in [-0.2, 0) is 14.6 Å². The highest BCUT2D eigenvalue weighted by molar-refractivity contribution is 7.91. The largest absolute Gasteiger partial charge is 0.385 e. The average molecular weight is 300 g/mol. The minimum absolute atomic E-state index is 0.0590. The number of hydrogen-bond donors (Lipinski definition) is 2. The highest BCUT2D eigenvalue weighted by Gasteiger charge is 2.27. The van der Waals surface area contributed by atoms with Crippen LogP contribution in [0.2, 0.25) is 0 Å². The summed E-state index contributed by atoms with van der Waals surface area (Å²) in [5.41, 5.74) is 0. The molecule has 0 spiro atoms. The maximum atomic E-state index is 11.4. The Morgan fingerprint density at radius 1 is 1.40 bits per heavy atom. The van der Waals surface area contributed by atoms with Crippen LogP contribution in [0.5, 0.6) is 0 Å². The molecule has 2 heterocycles. The van der Waals surface area contributed by atoms with E-state index in [0.717, 1.165) is 18.8 Å². The molecule has 1 atom stereocenters. The van der Waals surface area contributed by atoms with Crippen molar-refractivity contribution < 1.29 is 13.2 Å². The summed E-state index contributed by atoms with van der Waals surface area (Å²) >= 11 is 0. The van der Waals surface area contributed by atoms with Gasteiger partial charge < -0.3 is 15.4 Å². The zero-order chi connectivity index (χ0) is 14.4. The minimum atomic E-state index is -2.88. The lowest BCUT2D eigenvalue weighted by Crippen LogP contribution is -2.21. The molecular formula is C12H20N4O3S. The Balaban J connectivity index is 1.86. The molecule has 1 aromatic heterocycles. The third kappa shape index (κ3) is 4.61. The summed E-state index contributed by atoms with van der Waals surface area (Å²) in [5.74, 6) is 1.79. The fourth-order valence-corrected chi connectivity index (χ4v) is 3.76. The standard InChI is InChI=1S/C12H20N4O3S/c1-19-5-2-4-13-11-7-12(15-9-14-11)16-10-3-6-20(17,18)8-10/h7,9-10H,2-6,8H2,1H3,(H2,13,14,15,16). The average Bonchev–Trinajstić information content (AvgIpc) is 2.74. The van der Waals surface area contributed by atoms with Crippen LogP contribution in [0.4, 0.5) is 11.6 Å². The molecule has 2 rings (SSSR count). The molecule has 2 N–H and O–H groups in total. The van der Waals surface area contributed by atoms with Gasteiger partial charge in [0.1, 0.15) is 18.0 Å². The van der Waals surface area contributed by atoms with Crippen LogP contribution in [-0.4, -0.2) is 56.2 Å². The number of anilines is 2. The fraction of sp³-hybridized carbons (Fsp3) is 0.667. The van der Waals surface area contributed by atoms with Crippen LogP contribution < -0.4 is 10.6 Å². The molecule has 20 heavy (non-hydrogen) atoms. The van der Waals surface area contributed by atoms with Gasteiger partial charge in [0, 0.05) is 32.4 Å². The van der Waals surface area contributed by atoms with Crippen LogP contribution in [0.3, 0.4) is 0 Å². The zero-order valence-electron chi connectivity index (χ0n) is 11.5. The molecule has 0 bridgehead atoms. The Hall–Kier alpha value is -1.41. The van der Waals surface area contributed by atoms with Gasteiger partial charge in [-0.15, -0.1) is 0 Å². The van der Waals surface area contributed by atoms with Crippen molar-refractivity contribution in [2.75, 3.05) is 42.4 Å². The van der Waals surface area contributed by atoms with Gasteiger partial charge in [-0.3, -0.25) is 0 Å². The summed E-state index contributed by atoms with van der Waals surface area (Å²) in [4.78, 5) is 8.23. The van der Waals surface area contributed by atoms with Crippen LogP contribution in [0.15, 0.2) is 12.4 Å². The summed E-state index contributed by atoms with van der Waals surface area (Å²) in [7, 11) is -1.21. The molecule has 0 aromatic carbocycles. The molecule has 0 saturated carbocycles. The van der Waals surface area contributed by atoms with Crippen molar-refractivity contribution in [3.8, 4) is 0 Å². The number of nitrogens with one attached hydrogen (secondary N) is 2. The number of rotatable bonds is 7. The summed E-state index contributed by atoms with van der Waals surface area (Å²) in [6, 6.07) is 1.73. The van der Waals surface area contributed by atoms with E-state index < -0.39 is 9.84 Å². The van der Waals surface area contributed by atoms with Crippen molar-refractivity contribution in [3.05, 3.63) is 12.4 Å². The fourth-order valence-electron chi connectivity index (χ4n) is 2.08. The van der Waals surface area contributed by atoms with Gasteiger partial charge in [-0.25, -0.2) is 18.4 Å². The molecule has 0 amide bonds. The number of hydrogen-bond acceptors (Lipinski definition) is 7. The van der Waals surface area contributed by atoms with Gasteiger partial charge in [0.05, 0.1) is 11.5 Å². The number of ether oxygens (including phenoxy) is 1. The monoisotopic (exact) mass is 300 g/mol. The summed E-state index contributed by atoms with van der Waals surface area (Å²) < 4.78 is 27.8. The van der Waals surface area contributed by atoms with E-state index in [1.165, 1.54) is 6.33 Å². The quantitative estimate of drug-likeness (QED) is 0.709. The molecular weight excluding hydrogens is 280 g/mol. The van der Waals surface area contributed by atoms with Gasteiger partial charge in [-0.1, -0.05) is 0 Å². The predicted octanol–water partition coefficient (Wildman–Crippen LogP) is 0.524. The van der Waals surface area contributed by atoms with Crippen LogP contribution in [0, 0.1) is 0 Å². The third-order valence-electron chi connectivity index (χ3n) is 3.08. The van der Waals surface area contributed by atoms with Crippen molar-refractivity contribution in [1.29, 1.82) is 0 Å². The van der Waals surface area contributed by atoms with Crippen molar-refractivity contribution in [3.63, 3.8) is 0 Å². The molecule has 8 heteroatoms. The van der Waals surface area contributed by atoms with Crippen molar-refractivity contribution in [1.82, 2.24) is 9.97 Å². The van der Waals surface area contributed by atoms with E-state index in [4.69, 9.17) is 4.74 Å². The van der Waals surface area contributed by atoms with Gasteiger partial charge in [0.2, 0.25) is 0 Å².